The van der Waals surface area contributed by atoms with Crippen molar-refractivity contribution in [2.75, 3.05) is 0 Å². The maximum absolute atomic E-state index is 5.18. The van der Waals surface area contributed by atoms with Crippen molar-refractivity contribution in [1.82, 2.24) is 9.55 Å². The summed E-state index contributed by atoms with van der Waals surface area (Å²) in [7, 11) is 0. The molecule has 0 fully saturated rings. The number of aromatic nitrogens is 2. The van der Waals surface area contributed by atoms with E-state index >= 15 is 0 Å². The Labute approximate surface area is 289 Å². The molecular formula is C45H26N2S2. The molecule has 0 unspecified atom stereocenters. The summed E-state index contributed by atoms with van der Waals surface area (Å²) in [6.07, 6.45) is 0. The molecule has 0 atom stereocenters. The average Bonchev–Trinajstić information content (AvgIpc) is 3.87. The minimum atomic E-state index is 1.05. The van der Waals surface area contributed by atoms with Crippen LogP contribution < -0.4 is 0 Å². The maximum atomic E-state index is 5.18. The van der Waals surface area contributed by atoms with Gasteiger partial charge in [0.05, 0.1) is 21.3 Å². The van der Waals surface area contributed by atoms with Gasteiger partial charge in [-0.15, -0.1) is 22.7 Å². The third kappa shape index (κ3) is 3.96. The van der Waals surface area contributed by atoms with E-state index in [4.69, 9.17) is 4.98 Å². The molecule has 0 aliphatic rings. The highest BCUT2D eigenvalue weighted by Gasteiger charge is 2.19. The van der Waals surface area contributed by atoms with Crippen LogP contribution in [-0.4, -0.2) is 9.55 Å². The van der Waals surface area contributed by atoms with Crippen molar-refractivity contribution in [3.05, 3.63) is 158 Å². The summed E-state index contributed by atoms with van der Waals surface area (Å²) in [5, 5.41) is 11.4. The first-order chi connectivity index (χ1) is 24.3. The molecule has 0 bridgehead atoms. The Hall–Kier alpha value is -5.81. The van der Waals surface area contributed by atoms with Crippen molar-refractivity contribution in [3.63, 3.8) is 0 Å². The van der Waals surface area contributed by atoms with Gasteiger partial charge in [0.25, 0.3) is 0 Å². The minimum Gasteiger partial charge on any atom is -0.309 e. The van der Waals surface area contributed by atoms with Crippen molar-refractivity contribution in [2.24, 2.45) is 0 Å². The second-order valence-corrected chi connectivity index (χ2v) is 14.8. The highest BCUT2D eigenvalue weighted by atomic mass is 32.1. The molecule has 0 spiro atoms. The summed E-state index contributed by atoms with van der Waals surface area (Å²) < 4.78 is 6.33. The highest BCUT2D eigenvalue weighted by molar-refractivity contribution is 7.28. The second kappa shape index (κ2) is 10.3. The first-order valence-corrected chi connectivity index (χ1v) is 18.2. The summed E-state index contributed by atoms with van der Waals surface area (Å²) >= 11 is 3.68. The SMILES string of the molecule is c1ccc(-c2cccc3c2sc2ccc4nc(-c5ccc(-n6c7ccc8ccccc8c7c7c8ccccc8ccc76)cc5)sc4c23)cc1. The smallest absolute Gasteiger partial charge is 0.124 e. The van der Waals surface area contributed by atoms with Crippen molar-refractivity contribution in [1.29, 1.82) is 0 Å². The minimum absolute atomic E-state index is 1.05. The molecule has 0 N–H and O–H groups in total. The van der Waals surface area contributed by atoms with E-state index in [0.29, 0.717) is 0 Å². The fourth-order valence-electron chi connectivity index (χ4n) is 7.82. The average molecular weight is 659 g/mol. The molecule has 0 saturated heterocycles. The van der Waals surface area contributed by atoms with Crippen LogP contribution in [0.5, 0.6) is 0 Å². The van der Waals surface area contributed by atoms with Gasteiger partial charge in [-0.25, -0.2) is 4.98 Å². The zero-order valence-corrected chi connectivity index (χ0v) is 27.9. The molecule has 3 heterocycles. The van der Waals surface area contributed by atoms with Gasteiger partial charge in [0.1, 0.15) is 5.01 Å². The lowest BCUT2D eigenvalue weighted by Gasteiger charge is -2.09. The molecule has 0 aliphatic heterocycles. The standard InChI is InChI=1S/C45H26N2S2/c1-2-9-27(10-3-1)34-15-8-16-35-42-39(48-43(34)35)26-23-36-44(42)49-45(46-36)30-17-21-31(22-18-30)47-37-24-19-28-11-4-6-13-32(28)40(37)41-33-14-7-5-12-29(33)20-25-38(41)47/h1-26H. The summed E-state index contributed by atoms with van der Waals surface area (Å²) in [4.78, 5) is 5.18. The van der Waals surface area contributed by atoms with Crippen molar-refractivity contribution in [2.45, 2.75) is 0 Å². The first-order valence-electron chi connectivity index (χ1n) is 16.5. The van der Waals surface area contributed by atoms with Crippen LogP contribution in [0.15, 0.2) is 158 Å². The molecule has 228 valence electrons. The molecule has 11 rings (SSSR count). The Morgan fingerprint density at radius 1 is 0.429 bits per heavy atom. The van der Waals surface area contributed by atoms with Gasteiger partial charge in [-0.1, -0.05) is 109 Å². The number of benzene rings is 8. The molecule has 4 heteroatoms. The van der Waals surface area contributed by atoms with Crippen molar-refractivity contribution in [3.8, 4) is 27.4 Å². The van der Waals surface area contributed by atoms with E-state index in [2.05, 4.69) is 162 Å². The Morgan fingerprint density at radius 3 is 1.80 bits per heavy atom. The van der Waals surface area contributed by atoms with E-state index in [1.165, 1.54) is 79.3 Å². The third-order valence-electron chi connectivity index (χ3n) is 10.0. The Balaban J connectivity index is 1.08. The van der Waals surface area contributed by atoms with Crippen LogP contribution in [0.4, 0.5) is 0 Å². The van der Waals surface area contributed by atoms with Gasteiger partial charge in [-0.2, -0.15) is 0 Å². The van der Waals surface area contributed by atoms with E-state index in [0.717, 1.165) is 21.8 Å². The van der Waals surface area contributed by atoms with E-state index in [1.54, 1.807) is 11.3 Å². The predicted molar refractivity (Wildman–Crippen MR) is 213 cm³/mol. The van der Waals surface area contributed by atoms with Crippen LogP contribution in [0, 0.1) is 0 Å². The quantitative estimate of drug-likeness (QED) is 0.185. The van der Waals surface area contributed by atoms with Gasteiger partial charge in [0, 0.05) is 42.2 Å². The van der Waals surface area contributed by atoms with Crippen LogP contribution in [0.3, 0.4) is 0 Å². The van der Waals surface area contributed by atoms with Crippen LogP contribution >= 0.6 is 22.7 Å². The van der Waals surface area contributed by atoms with Crippen LogP contribution in [0.1, 0.15) is 0 Å². The molecule has 3 aromatic heterocycles. The first kappa shape index (κ1) is 27.2. The van der Waals surface area contributed by atoms with Gasteiger partial charge in [-0.05, 0) is 81.2 Å². The Morgan fingerprint density at radius 2 is 1.08 bits per heavy atom. The third-order valence-corrected chi connectivity index (χ3v) is 12.4. The number of thiazole rings is 1. The molecule has 0 radical (unpaired) electrons. The summed E-state index contributed by atoms with van der Waals surface area (Å²) in [5.41, 5.74) is 8.33. The molecule has 8 aromatic carbocycles. The number of nitrogens with zero attached hydrogens (tertiary/aromatic N) is 2. The van der Waals surface area contributed by atoms with Crippen LogP contribution in [0.25, 0.3) is 101 Å². The lowest BCUT2D eigenvalue weighted by atomic mass is 10.00. The number of fused-ring (bicyclic) bond motifs is 12. The largest absolute Gasteiger partial charge is 0.309 e. The fourth-order valence-corrected chi connectivity index (χ4v) is 10.3. The van der Waals surface area contributed by atoms with Crippen molar-refractivity contribution >= 4 is 96.4 Å². The zero-order valence-electron chi connectivity index (χ0n) is 26.2. The number of hydrogen-bond acceptors (Lipinski definition) is 3. The summed E-state index contributed by atoms with van der Waals surface area (Å²) in [6.45, 7) is 0. The maximum Gasteiger partial charge on any atom is 0.124 e. The molecule has 2 nitrogen and oxygen atoms in total. The molecule has 11 aromatic rings. The Kier molecular flexibility index (Phi) is 5.74. The molecule has 0 amide bonds. The highest BCUT2D eigenvalue weighted by Crippen LogP contribution is 2.46. The molecule has 0 aliphatic carbocycles. The second-order valence-electron chi connectivity index (χ2n) is 12.7. The van der Waals surface area contributed by atoms with Gasteiger partial charge >= 0.3 is 0 Å². The normalized spacial score (nSPS) is 12.1. The molecule has 0 saturated carbocycles. The van der Waals surface area contributed by atoms with Crippen LogP contribution in [-0.2, 0) is 0 Å². The topological polar surface area (TPSA) is 17.8 Å². The molecular weight excluding hydrogens is 633 g/mol. The number of hydrogen-bond donors (Lipinski definition) is 0. The lowest BCUT2D eigenvalue weighted by molar-refractivity contribution is 1.18. The van der Waals surface area contributed by atoms with Crippen molar-refractivity contribution < 1.29 is 0 Å². The van der Waals surface area contributed by atoms with Gasteiger partial charge < -0.3 is 4.57 Å². The summed E-state index contributed by atoms with van der Waals surface area (Å²) in [6, 6.07) is 57.4. The fraction of sp³-hybridized carbons (Fsp3) is 0. The monoisotopic (exact) mass is 658 g/mol. The number of thiophene rings is 1. The van der Waals surface area contributed by atoms with E-state index < -0.39 is 0 Å². The van der Waals surface area contributed by atoms with E-state index in [1.807, 2.05) is 11.3 Å². The Bertz CT molecular complexity index is 3000. The van der Waals surface area contributed by atoms with Gasteiger partial charge in [0.2, 0.25) is 0 Å². The lowest BCUT2D eigenvalue weighted by Crippen LogP contribution is -1.93. The molecule has 49 heavy (non-hydrogen) atoms. The van der Waals surface area contributed by atoms with E-state index in [-0.39, 0.29) is 0 Å². The zero-order chi connectivity index (χ0) is 32.1. The van der Waals surface area contributed by atoms with Gasteiger partial charge in [0.15, 0.2) is 0 Å². The van der Waals surface area contributed by atoms with Crippen LogP contribution in [0.2, 0.25) is 0 Å². The van der Waals surface area contributed by atoms with Gasteiger partial charge in [-0.3, -0.25) is 0 Å². The predicted octanol–water partition coefficient (Wildman–Crippen LogP) is 13.4. The number of rotatable bonds is 3. The summed E-state index contributed by atoms with van der Waals surface area (Å²) in [5.74, 6) is 0. The van der Waals surface area contributed by atoms with E-state index in [9.17, 15) is 0 Å².